The average molecular weight is 795 g/mol. The molecule has 2 N–H and O–H groups in total. The van der Waals surface area contributed by atoms with E-state index in [4.69, 9.17) is 13.6 Å². The molecule has 3 atom stereocenters. The lowest BCUT2D eigenvalue weighted by molar-refractivity contribution is -0.141. The van der Waals surface area contributed by atoms with Crippen LogP contribution in [0.4, 0.5) is 10.1 Å². The van der Waals surface area contributed by atoms with Gasteiger partial charge in [0.1, 0.15) is 19.8 Å². The molecule has 0 saturated carbocycles. The molecule has 3 aromatic carbocycles. The minimum absolute atomic E-state index is 0.0362. The fourth-order valence-corrected chi connectivity index (χ4v) is 8.91. The predicted octanol–water partition coefficient (Wildman–Crippen LogP) is 12.8. The van der Waals surface area contributed by atoms with Gasteiger partial charge in [0.25, 0.3) is 14.3 Å². The molecule has 1 unspecified atom stereocenters. The SMILES string of the molecule is COc1ccc(C(Nc2ccc(CN[Si](C)(C)C(C)(C)C)cc2)[C@@H](CC[C@H](O[Si](C)(C)C(C)(C)C)c2ccc(F)cc2)C(=O)O[Si](C)(C)C(C)(C)C)cc1. The summed E-state index contributed by atoms with van der Waals surface area (Å²) in [7, 11) is -4.75. The molecule has 0 radical (unpaired) electrons. The van der Waals surface area contributed by atoms with Gasteiger partial charge in [-0.25, -0.2) is 4.39 Å². The summed E-state index contributed by atoms with van der Waals surface area (Å²) in [5.74, 6) is -0.310. The molecule has 0 aliphatic rings. The molecule has 3 rings (SSSR count). The Hall–Kier alpha value is -2.77. The minimum atomic E-state index is -2.49. The van der Waals surface area contributed by atoms with Gasteiger partial charge in [0.2, 0.25) is 0 Å². The number of methoxy groups -OCH3 is 1. The molecule has 0 heterocycles. The average Bonchev–Trinajstić information content (AvgIpc) is 3.05. The van der Waals surface area contributed by atoms with Crippen molar-refractivity contribution in [3.05, 3.63) is 95.3 Å². The number of carbonyl (C=O) groups is 1. The summed E-state index contributed by atoms with van der Waals surface area (Å²) in [4.78, 5) is 18.6. The standard InChI is InChI=1S/C44H71FN2O4Si3/c1-42(2,3)52(11,12)46-31-32-17-25-36(26-18-32)47-40(34-21-27-37(49-10)28-22-34)38(41(48)51-54(15,16)44(7,8)9)29-30-39(33-19-23-35(45)24-20-33)50-53(13,14)43(4,5)6/h17-28,38-40,46-47H,29-31H2,1-16H3/t38-,39+,40?/m1/s1. The van der Waals surface area contributed by atoms with Crippen molar-refractivity contribution in [2.75, 3.05) is 12.4 Å². The van der Waals surface area contributed by atoms with Crippen LogP contribution < -0.4 is 15.0 Å². The number of carbonyl (C=O) groups excluding carboxylic acids is 1. The number of hydrogen-bond donors (Lipinski definition) is 2. The molecule has 0 aromatic heterocycles. The van der Waals surface area contributed by atoms with Crippen molar-refractivity contribution >= 4 is 36.5 Å². The van der Waals surface area contributed by atoms with E-state index in [0.29, 0.717) is 12.8 Å². The highest BCUT2D eigenvalue weighted by Gasteiger charge is 2.44. The van der Waals surface area contributed by atoms with E-state index in [-0.39, 0.29) is 33.0 Å². The highest BCUT2D eigenvalue weighted by atomic mass is 28.4. The molecular weight excluding hydrogens is 724 g/mol. The quantitative estimate of drug-likeness (QED) is 0.141. The van der Waals surface area contributed by atoms with Crippen LogP contribution in [0.1, 0.15) is 104 Å². The largest absolute Gasteiger partial charge is 0.519 e. The third-order valence-electron chi connectivity index (χ3n) is 12.5. The molecule has 54 heavy (non-hydrogen) atoms. The number of rotatable bonds is 16. The van der Waals surface area contributed by atoms with Crippen LogP contribution in [-0.4, -0.2) is 37.9 Å². The van der Waals surface area contributed by atoms with Gasteiger partial charge in [-0.15, -0.1) is 0 Å². The van der Waals surface area contributed by atoms with Gasteiger partial charge in [0.05, 0.1) is 25.2 Å². The Morgan fingerprint density at radius 3 is 1.69 bits per heavy atom. The maximum atomic E-state index is 14.7. The van der Waals surface area contributed by atoms with Crippen molar-refractivity contribution in [2.45, 2.75) is 148 Å². The van der Waals surface area contributed by atoms with E-state index in [1.165, 1.54) is 17.7 Å². The zero-order chi connectivity index (χ0) is 40.9. The zero-order valence-corrected chi connectivity index (χ0v) is 39.3. The first-order chi connectivity index (χ1) is 24.7. The normalized spacial score (nSPS) is 15.0. The van der Waals surface area contributed by atoms with Crippen molar-refractivity contribution in [3.63, 3.8) is 0 Å². The second-order valence-electron chi connectivity index (χ2n) is 19.6. The molecule has 0 amide bonds. The summed E-state index contributed by atoms with van der Waals surface area (Å²) in [5, 5.41) is 3.83. The summed E-state index contributed by atoms with van der Waals surface area (Å²) in [6.07, 6.45) is 0.725. The van der Waals surface area contributed by atoms with Crippen LogP contribution in [0.2, 0.25) is 54.4 Å². The van der Waals surface area contributed by atoms with Crippen LogP contribution in [0, 0.1) is 11.7 Å². The van der Waals surface area contributed by atoms with Gasteiger partial charge >= 0.3 is 0 Å². The second-order valence-corrected chi connectivity index (χ2v) is 34.2. The molecule has 10 heteroatoms. The van der Waals surface area contributed by atoms with Crippen molar-refractivity contribution < 1.29 is 22.8 Å². The van der Waals surface area contributed by atoms with E-state index in [9.17, 15) is 9.18 Å². The van der Waals surface area contributed by atoms with E-state index in [0.717, 1.165) is 29.1 Å². The van der Waals surface area contributed by atoms with Gasteiger partial charge in [-0.2, -0.15) is 0 Å². The van der Waals surface area contributed by atoms with Gasteiger partial charge in [0.15, 0.2) is 8.32 Å². The summed E-state index contributed by atoms with van der Waals surface area (Å²) in [5.41, 5.74) is 4.00. The van der Waals surface area contributed by atoms with Crippen molar-refractivity contribution in [1.29, 1.82) is 0 Å². The van der Waals surface area contributed by atoms with Gasteiger partial charge in [0, 0.05) is 12.2 Å². The third-order valence-corrected chi connectivity index (χ3v) is 26.1. The molecule has 6 nitrogen and oxygen atoms in total. The lowest BCUT2D eigenvalue weighted by atomic mass is 9.87. The number of hydrogen-bond acceptors (Lipinski definition) is 6. The molecular formula is C44H71FN2O4Si3. The fourth-order valence-electron chi connectivity index (χ4n) is 5.45. The lowest BCUT2D eigenvalue weighted by Crippen LogP contribution is -2.51. The van der Waals surface area contributed by atoms with E-state index in [1.54, 1.807) is 7.11 Å². The maximum Gasteiger partial charge on any atom is 0.298 e. The van der Waals surface area contributed by atoms with Crippen molar-refractivity contribution in [1.82, 2.24) is 4.98 Å². The summed E-state index contributed by atoms with van der Waals surface area (Å²) < 4.78 is 33.4. The first kappa shape index (κ1) is 45.6. The molecule has 0 fully saturated rings. The highest BCUT2D eigenvalue weighted by molar-refractivity contribution is 6.77. The molecule has 0 aliphatic carbocycles. The van der Waals surface area contributed by atoms with E-state index in [2.05, 4.69) is 136 Å². The number of benzene rings is 3. The Morgan fingerprint density at radius 1 is 0.685 bits per heavy atom. The minimum Gasteiger partial charge on any atom is -0.519 e. The van der Waals surface area contributed by atoms with E-state index in [1.807, 2.05) is 36.4 Å². The monoisotopic (exact) mass is 794 g/mol. The summed E-state index contributed by atoms with van der Waals surface area (Å²) in [6, 6.07) is 22.7. The van der Waals surface area contributed by atoms with Gasteiger partial charge < -0.3 is 23.9 Å². The smallest absolute Gasteiger partial charge is 0.298 e. The number of halogens is 1. The number of anilines is 1. The third kappa shape index (κ3) is 12.1. The van der Waals surface area contributed by atoms with Crippen molar-refractivity contribution in [2.24, 2.45) is 5.92 Å². The Morgan fingerprint density at radius 2 is 1.20 bits per heavy atom. The highest BCUT2D eigenvalue weighted by Crippen LogP contribution is 2.44. The fraction of sp³-hybridized carbons (Fsp3) is 0.568. The zero-order valence-electron chi connectivity index (χ0n) is 36.3. The molecule has 0 spiro atoms. The lowest BCUT2D eigenvalue weighted by Gasteiger charge is -2.40. The molecule has 300 valence electrons. The van der Waals surface area contributed by atoms with Crippen LogP contribution in [0.5, 0.6) is 5.75 Å². The second kappa shape index (κ2) is 17.6. The summed E-state index contributed by atoms with van der Waals surface area (Å²) in [6.45, 7) is 34.3. The van der Waals surface area contributed by atoms with Crippen molar-refractivity contribution in [3.8, 4) is 5.75 Å². The topological polar surface area (TPSA) is 68.8 Å². The Kier molecular flexibility index (Phi) is 14.8. The Balaban J connectivity index is 2.09. The van der Waals surface area contributed by atoms with Gasteiger partial charge in [-0.1, -0.05) is 112 Å². The van der Waals surface area contributed by atoms with E-state index < -0.39 is 36.8 Å². The number of ether oxygens (including phenoxy) is 1. The van der Waals surface area contributed by atoms with E-state index >= 15 is 0 Å². The first-order valence-electron chi connectivity index (χ1n) is 19.6. The molecule has 3 aromatic rings. The van der Waals surface area contributed by atoms with Crippen LogP contribution >= 0.6 is 0 Å². The van der Waals surface area contributed by atoms with Crippen LogP contribution in [-0.2, 0) is 20.2 Å². The summed E-state index contributed by atoms with van der Waals surface area (Å²) >= 11 is 0. The van der Waals surface area contributed by atoms with Crippen LogP contribution in [0.3, 0.4) is 0 Å². The number of nitrogens with one attached hydrogen (secondary N) is 2. The first-order valence-corrected chi connectivity index (χ1v) is 28.4. The molecule has 0 bridgehead atoms. The van der Waals surface area contributed by atoms with Gasteiger partial charge in [-0.05, 0) is 107 Å². The van der Waals surface area contributed by atoms with Crippen LogP contribution in [0.25, 0.3) is 0 Å². The van der Waals surface area contributed by atoms with Gasteiger partial charge in [-0.3, -0.25) is 4.79 Å². The van der Waals surface area contributed by atoms with Crippen LogP contribution in [0.15, 0.2) is 72.8 Å². The Bertz CT molecular complexity index is 1640. The molecule has 0 saturated heterocycles. The Labute approximate surface area is 330 Å². The predicted molar refractivity (Wildman–Crippen MR) is 233 cm³/mol. The maximum absolute atomic E-state index is 14.7. The molecule has 0 aliphatic heterocycles.